The first-order valence-electron chi connectivity index (χ1n) is 8.71. The van der Waals surface area contributed by atoms with Crippen LogP contribution in [-0.4, -0.2) is 51.6 Å². The minimum atomic E-state index is -0.136. The second kappa shape index (κ2) is 7.67. The van der Waals surface area contributed by atoms with Crippen LogP contribution in [0.5, 0.6) is 0 Å². The molecular formula is C18H21N5OS2. The largest absolute Gasteiger partial charge is 0.353 e. The van der Waals surface area contributed by atoms with Crippen molar-refractivity contribution in [2.75, 3.05) is 36.0 Å². The highest BCUT2D eigenvalue weighted by atomic mass is 32.2. The van der Waals surface area contributed by atoms with Crippen molar-refractivity contribution in [1.82, 2.24) is 19.9 Å². The molecule has 0 unspecified atom stereocenters. The lowest BCUT2D eigenvalue weighted by molar-refractivity contribution is 0.0949. The summed E-state index contributed by atoms with van der Waals surface area (Å²) in [5.74, 6) is 3.00. The SMILES string of the molecule is Cc1cn2nc(C(=O)NCCc3cccs3)cc2c(N2CCSCC2)n1. The summed E-state index contributed by atoms with van der Waals surface area (Å²) in [5.41, 5.74) is 2.24. The molecule has 136 valence electrons. The van der Waals surface area contributed by atoms with E-state index in [0.717, 1.165) is 48.0 Å². The number of aryl methyl sites for hydroxylation is 1. The molecule has 3 aromatic heterocycles. The molecule has 0 radical (unpaired) electrons. The molecular weight excluding hydrogens is 366 g/mol. The summed E-state index contributed by atoms with van der Waals surface area (Å²) in [6.45, 7) is 4.53. The normalized spacial score (nSPS) is 14.7. The van der Waals surface area contributed by atoms with Gasteiger partial charge >= 0.3 is 0 Å². The van der Waals surface area contributed by atoms with Gasteiger partial charge in [-0.15, -0.1) is 11.3 Å². The van der Waals surface area contributed by atoms with E-state index in [1.165, 1.54) is 4.88 Å². The van der Waals surface area contributed by atoms with Gasteiger partial charge in [-0.2, -0.15) is 16.9 Å². The summed E-state index contributed by atoms with van der Waals surface area (Å²) in [6, 6.07) is 5.96. The minimum absolute atomic E-state index is 0.136. The van der Waals surface area contributed by atoms with Crippen LogP contribution in [0.4, 0.5) is 5.82 Å². The number of hydrogen-bond acceptors (Lipinski definition) is 6. The average Bonchev–Trinajstić information content (AvgIpc) is 3.31. The number of nitrogens with one attached hydrogen (secondary N) is 1. The molecule has 6 nitrogen and oxygen atoms in total. The number of aromatic nitrogens is 3. The summed E-state index contributed by atoms with van der Waals surface area (Å²) in [4.78, 5) is 20.8. The number of carbonyl (C=O) groups excluding carboxylic acids is 1. The number of nitrogens with zero attached hydrogens (tertiary/aromatic N) is 4. The molecule has 0 aromatic carbocycles. The van der Waals surface area contributed by atoms with Crippen molar-refractivity contribution >= 4 is 40.3 Å². The van der Waals surface area contributed by atoms with Gasteiger partial charge in [-0.25, -0.2) is 9.50 Å². The van der Waals surface area contributed by atoms with Crippen LogP contribution in [0.15, 0.2) is 29.8 Å². The van der Waals surface area contributed by atoms with E-state index in [9.17, 15) is 4.79 Å². The molecule has 0 atom stereocenters. The van der Waals surface area contributed by atoms with Crippen LogP contribution < -0.4 is 10.2 Å². The summed E-state index contributed by atoms with van der Waals surface area (Å²) in [5, 5.41) is 9.50. The smallest absolute Gasteiger partial charge is 0.271 e. The Bertz CT molecular complexity index is 900. The maximum absolute atomic E-state index is 12.5. The molecule has 1 fully saturated rings. The Hall–Kier alpha value is -2.06. The van der Waals surface area contributed by atoms with E-state index in [1.807, 2.05) is 37.0 Å². The number of hydrogen-bond donors (Lipinski definition) is 1. The van der Waals surface area contributed by atoms with E-state index in [0.29, 0.717) is 12.2 Å². The molecule has 26 heavy (non-hydrogen) atoms. The van der Waals surface area contributed by atoms with Gasteiger partial charge in [0, 0.05) is 42.1 Å². The predicted octanol–water partition coefficient (Wildman–Crippen LogP) is 2.62. The molecule has 0 aliphatic carbocycles. The molecule has 4 rings (SSSR count). The van der Waals surface area contributed by atoms with E-state index >= 15 is 0 Å². The van der Waals surface area contributed by atoms with Gasteiger partial charge in [0.2, 0.25) is 0 Å². The zero-order chi connectivity index (χ0) is 17.9. The summed E-state index contributed by atoms with van der Waals surface area (Å²) < 4.78 is 1.79. The maximum Gasteiger partial charge on any atom is 0.271 e. The van der Waals surface area contributed by atoms with Crippen LogP contribution in [0, 0.1) is 6.92 Å². The summed E-state index contributed by atoms with van der Waals surface area (Å²) in [7, 11) is 0. The lowest BCUT2D eigenvalue weighted by atomic mass is 10.3. The van der Waals surface area contributed by atoms with Crippen molar-refractivity contribution in [1.29, 1.82) is 0 Å². The Morgan fingerprint density at radius 2 is 2.19 bits per heavy atom. The number of carbonyl (C=O) groups is 1. The lowest BCUT2D eigenvalue weighted by Crippen LogP contribution is -2.33. The van der Waals surface area contributed by atoms with Gasteiger partial charge in [0.1, 0.15) is 5.52 Å². The molecule has 4 heterocycles. The third kappa shape index (κ3) is 3.71. The van der Waals surface area contributed by atoms with Crippen molar-refractivity contribution in [3.05, 3.63) is 46.0 Å². The van der Waals surface area contributed by atoms with Gasteiger partial charge in [0.15, 0.2) is 11.5 Å². The highest BCUT2D eigenvalue weighted by Crippen LogP contribution is 2.24. The first kappa shape index (κ1) is 17.4. The van der Waals surface area contributed by atoms with Crippen LogP contribution in [0.1, 0.15) is 21.1 Å². The first-order chi connectivity index (χ1) is 12.7. The zero-order valence-electron chi connectivity index (χ0n) is 14.6. The van der Waals surface area contributed by atoms with E-state index in [2.05, 4.69) is 26.8 Å². The summed E-state index contributed by atoms with van der Waals surface area (Å²) >= 11 is 3.67. The van der Waals surface area contributed by atoms with Gasteiger partial charge in [-0.05, 0) is 24.8 Å². The molecule has 1 amide bonds. The van der Waals surface area contributed by atoms with Crippen LogP contribution >= 0.6 is 23.1 Å². The Balaban J connectivity index is 1.53. The monoisotopic (exact) mass is 387 g/mol. The van der Waals surface area contributed by atoms with E-state index in [1.54, 1.807) is 15.9 Å². The molecule has 0 saturated carbocycles. The quantitative estimate of drug-likeness (QED) is 0.729. The predicted molar refractivity (Wildman–Crippen MR) is 108 cm³/mol. The Labute approximate surface area is 160 Å². The highest BCUT2D eigenvalue weighted by Gasteiger charge is 2.19. The Kier molecular flexibility index (Phi) is 5.12. The van der Waals surface area contributed by atoms with Crippen LogP contribution in [0.2, 0.25) is 0 Å². The fourth-order valence-corrected chi connectivity index (χ4v) is 4.67. The first-order valence-corrected chi connectivity index (χ1v) is 10.7. The lowest BCUT2D eigenvalue weighted by Gasteiger charge is -2.28. The number of rotatable bonds is 5. The molecule has 0 spiro atoms. The van der Waals surface area contributed by atoms with E-state index in [4.69, 9.17) is 4.98 Å². The third-order valence-electron chi connectivity index (χ3n) is 4.34. The standard InChI is InChI=1S/C18H21N5OS2/c1-13-12-23-16(17(20-13)22-6-9-25-10-7-22)11-15(21-23)18(24)19-5-4-14-3-2-8-26-14/h2-3,8,11-12H,4-7,9-10H2,1H3,(H,19,24). The molecule has 3 aromatic rings. The van der Waals surface area contributed by atoms with Crippen molar-refractivity contribution in [3.8, 4) is 0 Å². The van der Waals surface area contributed by atoms with Crippen molar-refractivity contribution < 1.29 is 4.79 Å². The molecule has 1 aliphatic rings. The average molecular weight is 388 g/mol. The van der Waals surface area contributed by atoms with Crippen LogP contribution in [-0.2, 0) is 6.42 Å². The van der Waals surface area contributed by atoms with Crippen LogP contribution in [0.25, 0.3) is 5.52 Å². The van der Waals surface area contributed by atoms with E-state index in [-0.39, 0.29) is 5.91 Å². The fourth-order valence-electron chi connectivity index (χ4n) is 3.05. The van der Waals surface area contributed by atoms with Gasteiger partial charge < -0.3 is 10.2 Å². The summed E-state index contributed by atoms with van der Waals surface area (Å²) in [6.07, 6.45) is 2.72. The molecule has 1 N–H and O–H groups in total. The molecule has 0 bridgehead atoms. The van der Waals surface area contributed by atoms with Crippen molar-refractivity contribution in [2.24, 2.45) is 0 Å². The van der Waals surface area contributed by atoms with E-state index < -0.39 is 0 Å². The highest BCUT2D eigenvalue weighted by molar-refractivity contribution is 7.99. The minimum Gasteiger partial charge on any atom is -0.353 e. The topological polar surface area (TPSA) is 62.5 Å². The van der Waals surface area contributed by atoms with Gasteiger partial charge in [-0.1, -0.05) is 6.07 Å². The Morgan fingerprint density at radius 3 is 2.96 bits per heavy atom. The van der Waals surface area contributed by atoms with Gasteiger partial charge in [0.25, 0.3) is 5.91 Å². The second-order valence-electron chi connectivity index (χ2n) is 6.25. The number of thioether (sulfide) groups is 1. The molecule has 1 saturated heterocycles. The maximum atomic E-state index is 12.5. The van der Waals surface area contributed by atoms with Gasteiger partial charge in [-0.3, -0.25) is 4.79 Å². The third-order valence-corrected chi connectivity index (χ3v) is 6.22. The second-order valence-corrected chi connectivity index (χ2v) is 8.51. The molecule has 1 aliphatic heterocycles. The number of anilines is 1. The number of fused-ring (bicyclic) bond motifs is 1. The number of thiophene rings is 1. The van der Waals surface area contributed by atoms with Gasteiger partial charge in [0.05, 0.1) is 11.9 Å². The fraction of sp³-hybridized carbons (Fsp3) is 0.389. The van der Waals surface area contributed by atoms with Crippen molar-refractivity contribution in [3.63, 3.8) is 0 Å². The van der Waals surface area contributed by atoms with Crippen molar-refractivity contribution in [2.45, 2.75) is 13.3 Å². The number of amides is 1. The molecule has 8 heteroatoms. The van der Waals surface area contributed by atoms with Crippen LogP contribution in [0.3, 0.4) is 0 Å². The Morgan fingerprint density at radius 1 is 1.35 bits per heavy atom. The zero-order valence-corrected chi connectivity index (χ0v) is 16.3.